The lowest BCUT2D eigenvalue weighted by Crippen LogP contribution is -2.50. The largest absolute Gasteiger partial charge is 0.307 e. The maximum atomic E-state index is 12.4. The highest BCUT2D eigenvalue weighted by molar-refractivity contribution is 7.89. The quantitative estimate of drug-likeness (QED) is 0.636. The van der Waals surface area contributed by atoms with Crippen LogP contribution in [0.25, 0.3) is 0 Å². The Morgan fingerprint density at radius 1 is 1.40 bits per heavy atom. The molecule has 0 saturated carbocycles. The zero-order valence-electron chi connectivity index (χ0n) is 10.1. The molecule has 1 aliphatic rings. The number of hydrogen-bond acceptors (Lipinski definition) is 6. The number of carbonyl (C=O) groups excluding carboxylic acids is 1. The molecule has 1 aliphatic heterocycles. The van der Waals surface area contributed by atoms with E-state index in [2.05, 4.69) is 5.32 Å². The molecule has 1 saturated heterocycles. The number of benzene rings is 1. The summed E-state index contributed by atoms with van der Waals surface area (Å²) in [6.07, 6.45) is 0. The molecule has 0 spiro atoms. The van der Waals surface area contributed by atoms with E-state index in [0.29, 0.717) is 10.8 Å². The van der Waals surface area contributed by atoms with E-state index in [1.807, 2.05) is 0 Å². The van der Waals surface area contributed by atoms with E-state index in [-0.39, 0.29) is 18.1 Å². The zero-order valence-corrected chi connectivity index (χ0v) is 11.6. The number of sulfonamides is 1. The van der Waals surface area contributed by atoms with Gasteiger partial charge in [-0.25, -0.2) is 12.7 Å². The maximum absolute atomic E-state index is 12.4. The predicted molar refractivity (Wildman–Crippen MR) is 69.9 cm³/mol. The van der Waals surface area contributed by atoms with Crippen molar-refractivity contribution < 1.29 is 18.1 Å². The van der Waals surface area contributed by atoms with Crippen molar-refractivity contribution in [1.29, 1.82) is 0 Å². The van der Waals surface area contributed by atoms with Crippen LogP contribution in [0.3, 0.4) is 0 Å². The number of halogens is 1. The summed E-state index contributed by atoms with van der Waals surface area (Å²) < 4.78 is 25.4. The third kappa shape index (κ3) is 2.60. The third-order valence-electron chi connectivity index (χ3n) is 2.73. The fourth-order valence-corrected chi connectivity index (χ4v) is 3.52. The number of nitro benzene ring substituents is 1. The smallest absolute Gasteiger partial charge is 0.291 e. The number of amides is 1. The highest BCUT2D eigenvalue weighted by Crippen LogP contribution is 2.29. The van der Waals surface area contributed by atoms with Crippen LogP contribution in [-0.2, 0) is 14.8 Å². The molecule has 1 N–H and O–H groups in total. The second-order valence-electron chi connectivity index (χ2n) is 4.02. The number of hydrogen-bond donors (Lipinski definition) is 1. The summed E-state index contributed by atoms with van der Waals surface area (Å²) in [5.41, 5.74) is -0.649. The van der Waals surface area contributed by atoms with Gasteiger partial charge in [0.25, 0.3) is 15.7 Å². The van der Waals surface area contributed by atoms with Gasteiger partial charge in [0.2, 0.25) is 5.91 Å². The van der Waals surface area contributed by atoms with Crippen LogP contribution in [0.15, 0.2) is 23.1 Å². The Morgan fingerprint density at radius 2 is 2.10 bits per heavy atom. The molecule has 0 bridgehead atoms. The van der Waals surface area contributed by atoms with Gasteiger partial charge in [0.1, 0.15) is 0 Å². The minimum absolute atomic E-state index is 0.0438. The highest BCUT2D eigenvalue weighted by atomic mass is 35.5. The van der Waals surface area contributed by atoms with Crippen molar-refractivity contribution in [3.05, 3.63) is 33.3 Å². The molecule has 0 atom stereocenters. The van der Waals surface area contributed by atoms with E-state index in [0.717, 1.165) is 12.1 Å². The van der Waals surface area contributed by atoms with Crippen molar-refractivity contribution in [3.8, 4) is 0 Å². The Bertz CT molecular complexity index is 675. The summed E-state index contributed by atoms with van der Waals surface area (Å²) in [4.78, 5) is 21.2. The molecule has 0 radical (unpaired) electrons. The third-order valence-corrected chi connectivity index (χ3v) is 4.83. The van der Waals surface area contributed by atoms with Crippen molar-refractivity contribution in [3.63, 3.8) is 0 Å². The monoisotopic (exact) mass is 319 g/mol. The maximum Gasteiger partial charge on any atom is 0.291 e. The molecule has 0 unspecified atom stereocenters. The second kappa shape index (κ2) is 5.35. The molecule has 1 fully saturated rings. The number of rotatable bonds is 3. The summed E-state index contributed by atoms with van der Waals surface area (Å²) >= 11 is 5.64. The normalized spacial score (nSPS) is 16.2. The van der Waals surface area contributed by atoms with Gasteiger partial charge in [0, 0.05) is 24.2 Å². The van der Waals surface area contributed by atoms with E-state index in [1.165, 1.54) is 6.07 Å². The lowest BCUT2D eigenvalue weighted by Gasteiger charge is -2.26. The number of carbonyl (C=O) groups is 1. The fourth-order valence-electron chi connectivity index (χ4n) is 1.81. The average Bonchev–Trinajstić information content (AvgIpc) is 2.38. The molecule has 20 heavy (non-hydrogen) atoms. The first-order chi connectivity index (χ1) is 9.34. The molecule has 8 nitrogen and oxygen atoms in total. The van der Waals surface area contributed by atoms with Gasteiger partial charge in [-0.05, 0) is 12.1 Å². The minimum atomic E-state index is -4.26. The molecule has 1 heterocycles. The predicted octanol–water partition coefficient (Wildman–Crippen LogP) is 0.369. The molecule has 10 heteroatoms. The highest BCUT2D eigenvalue weighted by Gasteiger charge is 2.35. The van der Waals surface area contributed by atoms with Gasteiger partial charge in [-0.3, -0.25) is 14.9 Å². The molecule has 1 aromatic carbocycles. The Balaban J connectivity index is 2.54. The van der Waals surface area contributed by atoms with Gasteiger partial charge in [0.15, 0.2) is 4.90 Å². The number of nitrogens with zero attached hydrogens (tertiary/aromatic N) is 2. The summed E-state index contributed by atoms with van der Waals surface area (Å²) in [7, 11) is -4.26. The van der Waals surface area contributed by atoms with Gasteiger partial charge in [-0.1, -0.05) is 11.6 Å². The van der Waals surface area contributed by atoms with Crippen LogP contribution in [0.2, 0.25) is 5.02 Å². The van der Waals surface area contributed by atoms with Crippen molar-refractivity contribution in [2.45, 2.75) is 4.90 Å². The minimum Gasteiger partial charge on any atom is -0.307 e. The van der Waals surface area contributed by atoms with Crippen molar-refractivity contribution in [1.82, 2.24) is 9.62 Å². The molecule has 2 rings (SSSR count). The summed E-state index contributed by atoms with van der Waals surface area (Å²) in [5.74, 6) is -0.652. The average molecular weight is 320 g/mol. The van der Waals surface area contributed by atoms with E-state index in [1.54, 1.807) is 0 Å². The lowest BCUT2D eigenvalue weighted by molar-refractivity contribution is -0.387. The Hall–Kier alpha value is -1.71. The SMILES string of the molecule is O=C1CNCCN1S(=O)(=O)c1ccc(Cl)cc1[N+](=O)[O-]. The van der Waals surface area contributed by atoms with Gasteiger partial charge in [0.05, 0.1) is 11.5 Å². The van der Waals surface area contributed by atoms with Crippen LogP contribution >= 0.6 is 11.6 Å². The van der Waals surface area contributed by atoms with Crippen LogP contribution in [0, 0.1) is 10.1 Å². The number of piperazine rings is 1. The molecule has 1 amide bonds. The van der Waals surface area contributed by atoms with Gasteiger partial charge in [-0.2, -0.15) is 0 Å². The molecule has 1 aromatic rings. The molecular formula is C10H10ClN3O5S. The lowest BCUT2D eigenvalue weighted by atomic mass is 10.3. The summed E-state index contributed by atoms with van der Waals surface area (Å²) in [6.45, 7) is 0.105. The van der Waals surface area contributed by atoms with Gasteiger partial charge < -0.3 is 5.32 Å². The van der Waals surface area contributed by atoms with Crippen LogP contribution in [0.1, 0.15) is 0 Å². The van der Waals surface area contributed by atoms with Crippen LogP contribution < -0.4 is 5.32 Å². The number of nitrogens with one attached hydrogen (secondary N) is 1. The van der Waals surface area contributed by atoms with E-state index >= 15 is 0 Å². The van der Waals surface area contributed by atoms with Crippen molar-refractivity contribution in [2.75, 3.05) is 19.6 Å². The van der Waals surface area contributed by atoms with Crippen molar-refractivity contribution in [2.24, 2.45) is 0 Å². The molecule has 0 aromatic heterocycles. The van der Waals surface area contributed by atoms with Crippen LogP contribution in [0.4, 0.5) is 5.69 Å². The molecule has 0 aliphatic carbocycles. The first-order valence-corrected chi connectivity index (χ1v) is 7.36. The number of nitro groups is 1. The Kier molecular flexibility index (Phi) is 3.93. The van der Waals surface area contributed by atoms with Crippen molar-refractivity contribution >= 4 is 33.2 Å². The van der Waals surface area contributed by atoms with Crippen LogP contribution in [0.5, 0.6) is 0 Å². The fraction of sp³-hybridized carbons (Fsp3) is 0.300. The van der Waals surface area contributed by atoms with E-state index < -0.39 is 31.4 Å². The molecule has 108 valence electrons. The van der Waals surface area contributed by atoms with E-state index in [4.69, 9.17) is 11.6 Å². The second-order valence-corrected chi connectivity index (χ2v) is 6.28. The standard InChI is InChI=1S/C10H10ClN3O5S/c11-7-1-2-9(8(5-7)14(16)17)20(18,19)13-4-3-12-6-10(13)15/h1-2,5,12H,3-4,6H2. The first kappa shape index (κ1) is 14.7. The van der Waals surface area contributed by atoms with Gasteiger partial charge >= 0.3 is 0 Å². The van der Waals surface area contributed by atoms with Crippen LogP contribution in [-0.4, -0.2) is 43.2 Å². The topological polar surface area (TPSA) is 110 Å². The summed E-state index contributed by atoms with van der Waals surface area (Å²) in [5, 5.41) is 13.7. The Labute approximate surface area is 119 Å². The first-order valence-electron chi connectivity index (χ1n) is 5.54. The Morgan fingerprint density at radius 3 is 2.70 bits per heavy atom. The van der Waals surface area contributed by atoms with Gasteiger partial charge in [-0.15, -0.1) is 0 Å². The zero-order chi connectivity index (χ0) is 14.9. The van der Waals surface area contributed by atoms with E-state index in [9.17, 15) is 23.3 Å². The summed E-state index contributed by atoms with van der Waals surface area (Å²) in [6, 6.07) is 3.21. The molecular weight excluding hydrogens is 310 g/mol.